The van der Waals surface area contributed by atoms with Gasteiger partial charge in [0.15, 0.2) is 5.16 Å². The molecule has 0 saturated carbocycles. The fraction of sp³-hybridized carbons (Fsp3) is 0.833. The molecule has 0 amide bonds. The van der Waals surface area contributed by atoms with E-state index in [0.717, 1.165) is 50.7 Å². The second kappa shape index (κ2) is 5.30. The number of hydrogen-bond acceptors (Lipinski definition) is 6. The first-order chi connectivity index (χ1) is 9.19. The molecule has 2 fully saturated rings. The van der Waals surface area contributed by atoms with Crippen LogP contribution in [0.15, 0.2) is 5.16 Å². The number of ether oxygens (including phenoxy) is 2. The lowest BCUT2D eigenvalue weighted by Crippen LogP contribution is -2.45. The van der Waals surface area contributed by atoms with Crippen molar-refractivity contribution in [3.8, 4) is 0 Å². The molecule has 2 aliphatic heterocycles. The molecule has 6 nitrogen and oxygen atoms in total. The summed E-state index contributed by atoms with van der Waals surface area (Å²) in [5.41, 5.74) is 5.74. The number of nitrogens with two attached hydrogens (primary N) is 1. The third kappa shape index (κ3) is 2.73. The topological polar surface area (TPSA) is 75.2 Å². The summed E-state index contributed by atoms with van der Waals surface area (Å²) in [5.74, 6) is 0.468. The van der Waals surface area contributed by atoms with Crippen LogP contribution in [0.4, 0.5) is 5.95 Å². The summed E-state index contributed by atoms with van der Waals surface area (Å²) >= 11 is 1.77. The van der Waals surface area contributed by atoms with Crippen LogP contribution in [0.1, 0.15) is 25.7 Å². The third-order valence-corrected chi connectivity index (χ3v) is 5.29. The quantitative estimate of drug-likeness (QED) is 0.880. The van der Waals surface area contributed by atoms with Crippen molar-refractivity contribution < 1.29 is 9.47 Å². The van der Waals surface area contributed by atoms with Crippen LogP contribution in [0.3, 0.4) is 0 Å². The summed E-state index contributed by atoms with van der Waals surface area (Å²) in [6.07, 6.45) is 4.13. The number of nitrogens with zero attached hydrogens (tertiary/aromatic N) is 3. The Kier molecular flexibility index (Phi) is 3.68. The van der Waals surface area contributed by atoms with Crippen LogP contribution < -0.4 is 5.73 Å². The van der Waals surface area contributed by atoms with Crippen LogP contribution in [0.5, 0.6) is 0 Å². The normalized spacial score (nSPS) is 26.7. The second-order valence-corrected chi connectivity index (χ2v) is 6.54. The predicted molar refractivity (Wildman–Crippen MR) is 73.0 cm³/mol. The fourth-order valence-corrected chi connectivity index (χ4v) is 3.99. The van der Waals surface area contributed by atoms with Gasteiger partial charge in [0.05, 0.1) is 5.60 Å². The Labute approximate surface area is 117 Å². The molecule has 0 radical (unpaired) electrons. The maximum atomic E-state index is 6.05. The van der Waals surface area contributed by atoms with E-state index >= 15 is 0 Å². The van der Waals surface area contributed by atoms with Crippen molar-refractivity contribution in [3.63, 3.8) is 0 Å². The molecule has 7 heteroatoms. The summed E-state index contributed by atoms with van der Waals surface area (Å²) in [4.78, 5) is 0. The molecule has 0 bridgehead atoms. The van der Waals surface area contributed by atoms with Crippen LogP contribution in [0.2, 0.25) is 0 Å². The highest BCUT2D eigenvalue weighted by atomic mass is 32.2. The summed E-state index contributed by atoms with van der Waals surface area (Å²) in [5, 5.41) is 9.45. The predicted octanol–water partition coefficient (Wildman–Crippen LogP) is 1.22. The van der Waals surface area contributed by atoms with E-state index in [1.807, 2.05) is 11.6 Å². The molecule has 3 rings (SSSR count). The highest BCUT2D eigenvalue weighted by Crippen LogP contribution is 2.40. The molecule has 1 spiro atoms. The van der Waals surface area contributed by atoms with Crippen molar-refractivity contribution in [3.05, 3.63) is 0 Å². The van der Waals surface area contributed by atoms with Crippen LogP contribution >= 0.6 is 11.8 Å². The van der Waals surface area contributed by atoms with Gasteiger partial charge in [0.2, 0.25) is 5.95 Å². The molecule has 106 valence electrons. The first kappa shape index (κ1) is 13.2. The molecular formula is C12H20N4O2S. The Hall–Kier alpha value is -0.790. The number of nitrogen functional groups attached to an aromatic ring is 1. The number of rotatable bonds is 2. The maximum absolute atomic E-state index is 6.05. The summed E-state index contributed by atoms with van der Waals surface area (Å²) in [7, 11) is 1.90. The van der Waals surface area contributed by atoms with E-state index in [9.17, 15) is 0 Å². The Bertz CT molecular complexity index is 439. The van der Waals surface area contributed by atoms with Gasteiger partial charge in [-0.15, -0.1) is 10.2 Å². The molecule has 1 unspecified atom stereocenters. The zero-order valence-corrected chi connectivity index (χ0v) is 12.0. The van der Waals surface area contributed by atoms with E-state index in [1.54, 1.807) is 11.8 Å². The molecule has 2 saturated heterocycles. The molecule has 1 aromatic heterocycles. The molecular weight excluding hydrogens is 264 g/mol. The van der Waals surface area contributed by atoms with Gasteiger partial charge in [-0.05, 0) is 25.7 Å². The minimum atomic E-state index is 0.0261. The zero-order valence-electron chi connectivity index (χ0n) is 11.2. The molecule has 1 atom stereocenters. The van der Waals surface area contributed by atoms with E-state index < -0.39 is 0 Å². The Balaban J connectivity index is 1.66. The van der Waals surface area contributed by atoms with Gasteiger partial charge >= 0.3 is 0 Å². The highest BCUT2D eigenvalue weighted by Gasteiger charge is 2.39. The van der Waals surface area contributed by atoms with Crippen molar-refractivity contribution in [2.75, 3.05) is 25.6 Å². The minimum Gasteiger partial charge on any atom is -0.381 e. The van der Waals surface area contributed by atoms with Crippen molar-refractivity contribution in [1.29, 1.82) is 0 Å². The van der Waals surface area contributed by atoms with Crippen LogP contribution in [0.25, 0.3) is 0 Å². The number of anilines is 1. The van der Waals surface area contributed by atoms with Gasteiger partial charge in [0.25, 0.3) is 0 Å². The fourth-order valence-electron chi connectivity index (χ4n) is 2.75. The second-order valence-electron chi connectivity index (χ2n) is 5.28. The lowest BCUT2D eigenvalue weighted by molar-refractivity contribution is -0.131. The Morgan fingerprint density at radius 1 is 1.32 bits per heavy atom. The van der Waals surface area contributed by atoms with E-state index in [4.69, 9.17) is 15.2 Å². The number of thioether (sulfide) groups is 1. The van der Waals surface area contributed by atoms with Gasteiger partial charge in [-0.3, -0.25) is 4.57 Å². The lowest BCUT2D eigenvalue weighted by atomic mass is 9.86. The first-order valence-corrected chi connectivity index (χ1v) is 7.60. The molecule has 1 aromatic rings. The zero-order chi connectivity index (χ0) is 13.3. The van der Waals surface area contributed by atoms with E-state index in [0.29, 0.717) is 11.2 Å². The van der Waals surface area contributed by atoms with Crippen molar-refractivity contribution in [2.45, 2.75) is 41.7 Å². The van der Waals surface area contributed by atoms with E-state index in [-0.39, 0.29) is 5.60 Å². The van der Waals surface area contributed by atoms with E-state index in [2.05, 4.69) is 10.2 Å². The third-order valence-electron chi connectivity index (χ3n) is 3.99. The van der Waals surface area contributed by atoms with Gasteiger partial charge in [-0.25, -0.2) is 0 Å². The standard InChI is InChI=1S/C12H20N4O2S/c1-16-10(13)14-15-11(16)19-9-2-5-18-12(8-9)3-6-17-7-4-12/h9H,2-8H2,1H3,(H2,13,14). The monoisotopic (exact) mass is 284 g/mol. The Morgan fingerprint density at radius 2 is 2.11 bits per heavy atom. The van der Waals surface area contributed by atoms with Crippen molar-refractivity contribution in [1.82, 2.24) is 14.8 Å². The minimum absolute atomic E-state index is 0.0261. The van der Waals surface area contributed by atoms with Crippen molar-refractivity contribution in [2.24, 2.45) is 7.05 Å². The number of aromatic nitrogens is 3. The van der Waals surface area contributed by atoms with E-state index in [1.165, 1.54) is 0 Å². The van der Waals surface area contributed by atoms with Gasteiger partial charge in [0, 0.05) is 32.1 Å². The lowest BCUT2D eigenvalue weighted by Gasteiger charge is -2.42. The highest BCUT2D eigenvalue weighted by molar-refractivity contribution is 7.99. The van der Waals surface area contributed by atoms with Gasteiger partial charge in [0.1, 0.15) is 0 Å². The molecule has 3 heterocycles. The molecule has 19 heavy (non-hydrogen) atoms. The van der Waals surface area contributed by atoms with Crippen LogP contribution in [-0.4, -0.2) is 45.4 Å². The average Bonchev–Trinajstić information content (AvgIpc) is 2.72. The largest absolute Gasteiger partial charge is 0.381 e. The average molecular weight is 284 g/mol. The Morgan fingerprint density at radius 3 is 2.79 bits per heavy atom. The number of hydrogen-bond donors (Lipinski definition) is 1. The SMILES string of the molecule is Cn1c(N)nnc1SC1CCOC2(CCOCC2)C1. The first-order valence-electron chi connectivity index (χ1n) is 6.72. The molecule has 2 aliphatic rings. The van der Waals surface area contributed by atoms with Crippen LogP contribution in [0, 0.1) is 0 Å². The summed E-state index contributed by atoms with van der Waals surface area (Å²) < 4.78 is 13.3. The van der Waals surface area contributed by atoms with Crippen molar-refractivity contribution >= 4 is 17.7 Å². The molecule has 0 aliphatic carbocycles. The summed E-state index contributed by atoms with van der Waals surface area (Å²) in [6.45, 7) is 2.45. The van der Waals surface area contributed by atoms with Crippen LogP contribution in [-0.2, 0) is 16.5 Å². The smallest absolute Gasteiger partial charge is 0.222 e. The maximum Gasteiger partial charge on any atom is 0.222 e. The molecule has 2 N–H and O–H groups in total. The van der Waals surface area contributed by atoms with Gasteiger partial charge in [-0.1, -0.05) is 11.8 Å². The summed E-state index contributed by atoms with van der Waals surface area (Å²) in [6, 6.07) is 0. The van der Waals surface area contributed by atoms with Gasteiger partial charge < -0.3 is 15.2 Å². The van der Waals surface area contributed by atoms with Gasteiger partial charge in [-0.2, -0.15) is 0 Å². The molecule has 0 aromatic carbocycles.